The summed E-state index contributed by atoms with van der Waals surface area (Å²) in [6.07, 6.45) is 0. The number of hydrogen-bond acceptors (Lipinski definition) is 2. The van der Waals surface area contributed by atoms with Crippen LogP contribution in [-0.4, -0.2) is 23.8 Å². The lowest BCUT2D eigenvalue weighted by atomic mass is 10.1. The number of carbonyl (C=O) groups excluding carboxylic acids is 2. The maximum absolute atomic E-state index is 13.1. The Balaban J connectivity index is 2.12. The first-order valence-corrected chi connectivity index (χ1v) is 6.47. The molecule has 0 spiro atoms. The van der Waals surface area contributed by atoms with Crippen molar-refractivity contribution in [3.8, 4) is 0 Å². The van der Waals surface area contributed by atoms with Crippen molar-refractivity contribution >= 4 is 11.8 Å². The highest BCUT2D eigenvalue weighted by atomic mass is 19.1. The van der Waals surface area contributed by atoms with Crippen molar-refractivity contribution in [2.45, 2.75) is 6.54 Å². The van der Waals surface area contributed by atoms with Crippen LogP contribution < -0.4 is 5.73 Å². The molecule has 0 saturated heterocycles. The van der Waals surface area contributed by atoms with Gasteiger partial charge in [0.05, 0.1) is 0 Å². The Morgan fingerprint density at radius 3 is 2.05 bits per heavy atom. The molecule has 0 aliphatic heterocycles. The van der Waals surface area contributed by atoms with E-state index in [4.69, 9.17) is 5.73 Å². The second-order valence-electron chi connectivity index (χ2n) is 4.88. The summed E-state index contributed by atoms with van der Waals surface area (Å²) in [5.74, 6) is -2.64. The van der Waals surface area contributed by atoms with Gasteiger partial charge in [0.1, 0.15) is 11.6 Å². The van der Waals surface area contributed by atoms with Crippen LogP contribution in [0.1, 0.15) is 26.3 Å². The standard InChI is InChI=1S/C16H14F2N2O2/c1-20(9-10-2-4-11(5-3-10)15(19)21)16(22)12-6-13(17)8-14(18)7-12/h2-8H,9H2,1H3,(H2,19,21). The van der Waals surface area contributed by atoms with Crippen LogP contribution in [0, 0.1) is 11.6 Å². The van der Waals surface area contributed by atoms with E-state index in [1.165, 1.54) is 11.9 Å². The summed E-state index contributed by atoms with van der Waals surface area (Å²) in [5.41, 5.74) is 6.21. The smallest absolute Gasteiger partial charge is 0.254 e. The van der Waals surface area contributed by atoms with E-state index in [0.29, 0.717) is 11.6 Å². The van der Waals surface area contributed by atoms with E-state index in [1.807, 2.05) is 0 Å². The average molecular weight is 304 g/mol. The molecule has 0 aliphatic rings. The molecule has 0 saturated carbocycles. The molecule has 114 valence electrons. The van der Waals surface area contributed by atoms with E-state index in [-0.39, 0.29) is 12.1 Å². The predicted molar refractivity (Wildman–Crippen MR) is 77.1 cm³/mol. The number of amides is 2. The Labute approximate surface area is 126 Å². The lowest BCUT2D eigenvalue weighted by Crippen LogP contribution is -2.26. The van der Waals surface area contributed by atoms with Gasteiger partial charge in [-0.05, 0) is 29.8 Å². The third kappa shape index (κ3) is 3.66. The zero-order valence-corrected chi connectivity index (χ0v) is 11.8. The summed E-state index contributed by atoms with van der Waals surface area (Å²) in [5, 5.41) is 0. The Bertz CT molecular complexity index is 694. The lowest BCUT2D eigenvalue weighted by molar-refractivity contribution is 0.0783. The number of nitrogens with two attached hydrogens (primary N) is 1. The molecule has 6 heteroatoms. The van der Waals surface area contributed by atoms with Crippen molar-refractivity contribution < 1.29 is 18.4 Å². The van der Waals surface area contributed by atoms with Gasteiger partial charge in [-0.15, -0.1) is 0 Å². The number of halogens is 2. The lowest BCUT2D eigenvalue weighted by Gasteiger charge is -2.17. The highest BCUT2D eigenvalue weighted by Crippen LogP contribution is 2.13. The summed E-state index contributed by atoms with van der Waals surface area (Å²) in [4.78, 5) is 24.5. The fraction of sp³-hybridized carbons (Fsp3) is 0.125. The summed E-state index contributed by atoms with van der Waals surface area (Å²) in [7, 11) is 1.52. The maximum atomic E-state index is 13.1. The summed E-state index contributed by atoms with van der Waals surface area (Å²) in [6, 6.07) is 9.11. The number of rotatable bonds is 4. The average Bonchev–Trinajstić information content (AvgIpc) is 2.46. The van der Waals surface area contributed by atoms with Crippen LogP contribution in [0.5, 0.6) is 0 Å². The molecule has 2 N–H and O–H groups in total. The second-order valence-corrected chi connectivity index (χ2v) is 4.88. The molecule has 0 heterocycles. The fourth-order valence-corrected chi connectivity index (χ4v) is 2.02. The minimum Gasteiger partial charge on any atom is -0.366 e. The van der Waals surface area contributed by atoms with Gasteiger partial charge in [-0.25, -0.2) is 8.78 Å². The van der Waals surface area contributed by atoms with Crippen molar-refractivity contribution in [2.75, 3.05) is 7.05 Å². The molecule has 4 nitrogen and oxygen atoms in total. The molecule has 2 aromatic carbocycles. The second kappa shape index (κ2) is 6.34. The molecule has 0 bridgehead atoms. The maximum Gasteiger partial charge on any atom is 0.254 e. The van der Waals surface area contributed by atoms with Crippen LogP contribution in [0.15, 0.2) is 42.5 Å². The molecular weight excluding hydrogens is 290 g/mol. The topological polar surface area (TPSA) is 63.4 Å². The molecule has 2 amide bonds. The minimum absolute atomic E-state index is 0.0613. The van der Waals surface area contributed by atoms with E-state index < -0.39 is 23.4 Å². The van der Waals surface area contributed by atoms with Gasteiger partial charge in [0.2, 0.25) is 5.91 Å². The van der Waals surface area contributed by atoms with Gasteiger partial charge in [-0.2, -0.15) is 0 Å². The van der Waals surface area contributed by atoms with Gasteiger partial charge in [-0.1, -0.05) is 12.1 Å². The van der Waals surface area contributed by atoms with Gasteiger partial charge in [0.15, 0.2) is 0 Å². The van der Waals surface area contributed by atoms with Crippen molar-refractivity contribution in [2.24, 2.45) is 5.73 Å². The summed E-state index contributed by atoms with van der Waals surface area (Å²) in [6.45, 7) is 0.232. The molecule has 2 rings (SSSR count). The molecule has 0 aromatic heterocycles. The van der Waals surface area contributed by atoms with Crippen molar-refractivity contribution in [3.05, 3.63) is 70.8 Å². The van der Waals surface area contributed by atoms with Crippen LogP contribution in [0.2, 0.25) is 0 Å². The summed E-state index contributed by atoms with van der Waals surface area (Å²) >= 11 is 0. The first kappa shape index (κ1) is 15.6. The van der Waals surface area contributed by atoms with Crippen LogP contribution >= 0.6 is 0 Å². The third-order valence-corrected chi connectivity index (χ3v) is 3.11. The largest absolute Gasteiger partial charge is 0.366 e. The van der Waals surface area contributed by atoms with Crippen molar-refractivity contribution in [1.29, 1.82) is 0 Å². The highest BCUT2D eigenvalue weighted by molar-refractivity contribution is 5.94. The first-order chi connectivity index (χ1) is 10.4. The van der Waals surface area contributed by atoms with Crippen LogP contribution in [0.3, 0.4) is 0 Å². The number of benzene rings is 2. The van der Waals surface area contributed by atoms with Gasteiger partial charge >= 0.3 is 0 Å². The molecule has 0 aliphatic carbocycles. The van der Waals surface area contributed by atoms with E-state index >= 15 is 0 Å². The SMILES string of the molecule is CN(Cc1ccc(C(N)=O)cc1)C(=O)c1cc(F)cc(F)c1. The number of nitrogens with zero attached hydrogens (tertiary/aromatic N) is 1. The monoisotopic (exact) mass is 304 g/mol. The van der Waals surface area contributed by atoms with Gasteiger partial charge in [-0.3, -0.25) is 9.59 Å². The van der Waals surface area contributed by atoms with Crippen molar-refractivity contribution in [1.82, 2.24) is 4.90 Å². The quantitative estimate of drug-likeness (QED) is 0.942. The molecule has 0 unspecified atom stereocenters. The van der Waals surface area contributed by atoms with E-state index in [0.717, 1.165) is 17.7 Å². The predicted octanol–water partition coefficient (Wildman–Crippen LogP) is 2.34. The zero-order chi connectivity index (χ0) is 16.3. The Kier molecular flexibility index (Phi) is 4.50. The van der Waals surface area contributed by atoms with E-state index in [1.54, 1.807) is 24.3 Å². The zero-order valence-electron chi connectivity index (χ0n) is 11.8. The number of primary amides is 1. The Morgan fingerprint density at radius 1 is 1.00 bits per heavy atom. The van der Waals surface area contributed by atoms with Crippen molar-refractivity contribution in [3.63, 3.8) is 0 Å². The van der Waals surface area contributed by atoms with Gasteiger partial charge in [0, 0.05) is 30.8 Å². The fourth-order valence-electron chi connectivity index (χ4n) is 2.02. The molecule has 0 fully saturated rings. The third-order valence-electron chi connectivity index (χ3n) is 3.11. The molecule has 0 radical (unpaired) electrons. The number of hydrogen-bond donors (Lipinski definition) is 1. The van der Waals surface area contributed by atoms with E-state index in [2.05, 4.69) is 0 Å². The Morgan fingerprint density at radius 2 is 1.55 bits per heavy atom. The van der Waals surface area contributed by atoms with Crippen LogP contribution in [-0.2, 0) is 6.54 Å². The van der Waals surface area contributed by atoms with Crippen LogP contribution in [0.25, 0.3) is 0 Å². The van der Waals surface area contributed by atoms with Gasteiger partial charge in [0.25, 0.3) is 5.91 Å². The highest BCUT2D eigenvalue weighted by Gasteiger charge is 2.14. The summed E-state index contributed by atoms with van der Waals surface area (Å²) < 4.78 is 26.3. The number of carbonyl (C=O) groups is 2. The van der Waals surface area contributed by atoms with Crippen LogP contribution in [0.4, 0.5) is 8.78 Å². The molecular formula is C16H14F2N2O2. The molecule has 2 aromatic rings. The molecule has 22 heavy (non-hydrogen) atoms. The van der Waals surface area contributed by atoms with Gasteiger partial charge < -0.3 is 10.6 Å². The Hall–Kier alpha value is -2.76. The van der Waals surface area contributed by atoms with E-state index in [9.17, 15) is 18.4 Å². The molecule has 0 atom stereocenters. The normalized spacial score (nSPS) is 10.3. The first-order valence-electron chi connectivity index (χ1n) is 6.47. The minimum atomic E-state index is -0.803.